The first-order valence-corrected chi connectivity index (χ1v) is 8.10. The van der Waals surface area contributed by atoms with E-state index in [1.807, 2.05) is 0 Å². The standard InChI is InChI=1S/C4H14OSi2.3CH4/c1-6-5-7(2,3)4;;;/h6H2,1-4H3;3*1H4. The fourth-order valence-corrected chi connectivity index (χ4v) is 3.90. The molecule has 68 valence electrons. The zero-order valence-corrected chi connectivity index (χ0v) is 8.03. The Kier molecular flexibility index (Phi) is 21.1. The molecule has 0 aliphatic heterocycles. The van der Waals surface area contributed by atoms with Gasteiger partial charge in [0, 0.05) is 0 Å². The van der Waals surface area contributed by atoms with Gasteiger partial charge in [-0.15, -0.1) is 0 Å². The zero-order chi connectivity index (χ0) is 5.91. The first-order valence-electron chi connectivity index (χ1n) is 2.70. The van der Waals surface area contributed by atoms with Crippen LogP contribution in [0, 0.1) is 0 Å². The van der Waals surface area contributed by atoms with Crippen LogP contribution in [0.3, 0.4) is 0 Å². The Morgan fingerprint density at radius 2 is 1.30 bits per heavy atom. The van der Waals surface area contributed by atoms with Crippen molar-refractivity contribution in [3.05, 3.63) is 0 Å². The van der Waals surface area contributed by atoms with Gasteiger partial charge in [-0.2, -0.15) is 0 Å². The van der Waals surface area contributed by atoms with E-state index in [9.17, 15) is 0 Å². The lowest BCUT2D eigenvalue weighted by Gasteiger charge is -2.14. The van der Waals surface area contributed by atoms with Gasteiger partial charge in [0.05, 0.1) is 0 Å². The SMILES string of the molecule is C.C.C.C[SiH2]O[Si](C)(C)C. The average molecular weight is 182 g/mol. The summed E-state index contributed by atoms with van der Waals surface area (Å²) in [7, 11) is -1.22. The highest BCUT2D eigenvalue weighted by Crippen LogP contribution is 1.99. The van der Waals surface area contributed by atoms with Crippen LogP contribution in [0.5, 0.6) is 0 Å². The zero-order valence-electron chi connectivity index (χ0n) is 5.62. The van der Waals surface area contributed by atoms with Crippen LogP contribution >= 0.6 is 0 Å². The second-order valence-electron chi connectivity index (χ2n) is 2.55. The van der Waals surface area contributed by atoms with Crippen LogP contribution in [0.4, 0.5) is 0 Å². The normalized spacial score (nSPS) is 9.60. The van der Waals surface area contributed by atoms with Gasteiger partial charge in [0.15, 0.2) is 8.32 Å². The van der Waals surface area contributed by atoms with Crippen LogP contribution in [0.2, 0.25) is 26.2 Å². The molecule has 0 aliphatic carbocycles. The van der Waals surface area contributed by atoms with Gasteiger partial charge in [-0.3, -0.25) is 0 Å². The summed E-state index contributed by atoms with van der Waals surface area (Å²) in [6.07, 6.45) is 0. The molecule has 0 spiro atoms. The molecule has 10 heavy (non-hydrogen) atoms. The molecule has 0 saturated carbocycles. The van der Waals surface area contributed by atoms with Gasteiger partial charge < -0.3 is 4.12 Å². The maximum absolute atomic E-state index is 5.51. The summed E-state index contributed by atoms with van der Waals surface area (Å²) in [6, 6.07) is 0. The molecule has 0 saturated heterocycles. The fraction of sp³-hybridized carbons (Fsp3) is 1.00. The second kappa shape index (κ2) is 9.39. The van der Waals surface area contributed by atoms with Crippen molar-refractivity contribution < 1.29 is 4.12 Å². The molecule has 0 aliphatic rings. The molecule has 0 N–H and O–H groups in total. The van der Waals surface area contributed by atoms with Gasteiger partial charge in [0.25, 0.3) is 0 Å². The predicted octanol–water partition coefficient (Wildman–Crippen LogP) is 2.88. The molecule has 0 aromatic rings. The molecular weight excluding hydrogens is 156 g/mol. The molecule has 1 nitrogen and oxygen atoms in total. The van der Waals surface area contributed by atoms with Crippen LogP contribution in [-0.2, 0) is 4.12 Å². The first-order chi connectivity index (χ1) is 3.06. The molecule has 0 heterocycles. The molecule has 3 heteroatoms. The third kappa shape index (κ3) is 23.8. The summed E-state index contributed by atoms with van der Waals surface area (Å²) in [5.74, 6) is 0. The summed E-state index contributed by atoms with van der Waals surface area (Å²) >= 11 is 0. The van der Waals surface area contributed by atoms with E-state index in [0.717, 1.165) is 0 Å². The molecule has 0 rings (SSSR count). The summed E-state index contributed by atoms with van der Waals surface area (Å²) in [6.45, 7) is 8.86. The summed E-state index contributed by atoms with van der Waals surface area (Å²) in [5, 5.41) is 0. The monoisotopic (exact) mass is 182 g/mol. The molecule has 0 aromatic heterocycles. The third-order valence-electron chi connectivity index (χ3n) is 0.577. The van der Waals surface area contributed by atoms with Crippen molar-refractivity contribution in [1.29, 1.82) is 0 Å². The Hall–Kier alpha value is 0.394. The van der Waals surface area contributed by atoms with Crippen LogP contribution in [-0.4, -0.2) is 18.1 Å². The van der Waals surface area contributed by atoms with E-state index in [-0.39, 0.29) is 32.0 Å². The Labute approximate surface area is 71.3 Å². The Bertz CT molecular complexity index is 50.1. The second-order valence-corrected chi connectivity index (χ2v) is 8.50. The summed E-state index contributed by atoms with van der Waals surface area (Å²) in [5.41, 5.74) is 0. The molecule has 0 amide bonds. The highest BCUT2D eigenvalue weighted by Gasteiger charge is 2.10. The van der Waals surface area contributed by atoms with E-state index in [1.54, 1.807) is 0 Å². The van der Waals surface area contributed by atoms with Gasteiger partial charge in [-0.05, 0) is 19.6 Å². The molecule has 0 atom stereocenters. The molecular formula is C7H26OSi2. The van der Waals surface area contributed by atoms with Gasteiger partial charge in [-0.25, -0.2) is 0 Å². The van der Waals surface area contributed by atoms with Crippen molar-refractivity contribution in [2.24, 2.45) is 0 Å². The van der Waals surface area contributed by atoms with Gasteiger partial charge in [0.1, 0.15) is 9.76 Å². The first kappa shape index (κ1) is 22.4. The van der Waals surface area contributed by atoms with Crippen LogP contribution in [0.1, 0.15) is 22.3 Å². The molecule has 0 bridgehead atoms. The van der Waals surface area contributed by atoms with Crippen molar-refractivity contribution in [2.45, 2.75) is 48.5 Å². The Balaban J connectivity index is -0.0000000600. The lowest BCUT2D eigenvalue weighted by Crippen LogP contribution is -2.26. The van der Waals surface area contributed by atoms with Crippen molar-refractivity contribution in [2.75, 3.05) is 0 Å². The van der Waals surface area contributed by atoms with Crippen LogP contribution in [0.15, 0.2) is 0 Å². The van der Waals surface area contributed by atoms with Crippen molar-refractivity contribution >= 4 is 18.1 Å². The lowest BCUT2D eigenvalue weighted by molar-refractivity contribution is 0.603. The van der Waals surface area contributed by atoms with E-state index in [1.165, 1.54) is 0 Å². The van der Waals surface area contributed by atoms with E-state index in [2.05, 4.69) is 26.2 Å². The predicted molar refractivity (Wildman–Crippen MR) is 59.0 cm³/mol. The van der Waals surface area contributed by atoms with Crippen LogP contribution in [0.25, 0.3) is 0 Å². The third-order valence-corrected chi connectivity index (χ3v) is 5.20. The van der Waals surface area contributed by atoms with E-state index >= 15 is 0 Å². The van der Waals surface area contributed by atoms with E-state index in [4.69, 9.17) is 4.12 Å². The minimum absolute atomic E-state index is 0. The number of rotatable bonds is 2. The maximum atomic E-state index is 5.51. The number of hydrogen-bond donors (Lipinski definition) is 0. The highest BCUT2D eigenvalue weighted by atomic mass is 28.4. The molecule has 0 radical (unpaired) electrons. The summed E-state index contributed by atoms with van der Waals surface area (Å²) in [4.78, 5) is 0. The summed E-state index contributed by atoms with van der Waals surface area (Å²) < 4.78 is 5.51. The average Bonchev–Trinajstić information content (AvgIpc) is 1.30. The Morgan fingerprint density at radius 1 is 1.00 bits per heavy atom. The van der Waals surface area contributed by atoms with Gasteiger partial charge in [0.2, 0.25) is 0 Å². The lowest BCUT2D eigenvalue weighted by atomic mass is 11.8. The topological polar surface area (TPSA) is 9.23 Å². The van der Waals surface area contributed by atoms with E-state index < -0.39 is 8.32 Å². The van der Waals surface area contributed by atoms with Crippen molar-refractivity contribution in [1.82, 2.24) is 0 Å². The molecule has 0 fully saturated rings. The van der Waals surface area contributed by atoms with Crippen LogP contribution < -0.4 is 0 Å². The largest absolute Gasteiger partial charge is 0.461 e. The minimum atomic E-state index is -1.10. The van der Waals surface area contributed by atoms with Crippen molar-refractivity contribution in [3.63, 3.8) is 0 Å². The van der Waals surface area contributed by atoms with E-state index in [0.29, 0.717) is 0 Å². The smallest absolute Gasteiger partial charge is 0.169 e. The molecule has 0 aromatic carbocycles. The Morgan fingerprint density at radius 3 is 1.30 bits per heavy atom. The quantitative estimate of drug-likeness (QED) is 0.597. The highest BCUT2D eigenvalue weighted by molar-refractivity contribution is 6.73. The van der Waals surface area contributed by atoms with Gasteiger partial charge >= 0.3 is 0 Å². The number of hydrogen-bond acceptors (Lipinski definition) is 1. The molecule has 0 unspecified atom stereocenters. The minimum Gasteiger partial charge on any atom is -0.461 e. The van der Waals surface area contributed by atoms with Crippen molar-refractivity contribution in [3.8, 4) is 0 Å². The van der Waals surface area contributed by atoms with Gasteiger partial charge in [-0.1, -0.05) is 28.8 Å². The maximum Gasteiger partial charge on any atom is 0.169 e. The fourth-order valence-electron chi connectivity index (χ4n) is 0.433.